The summed E-state index contributed by atoms with van der Waals surface area (Å²) < 4.78 is 11.4. The molecule has 90 valence electrons. The SMILES string of the molecule is CCO[Si](C)(OCC)C(C)NC(=O)CC. The van der Waals surface area contributed by atoms with Crippen LogP contribution in [0, 0.1) is 0 Å². The molecule has 0 rings (SSSR count). The van der Waals surface area contributed by atoms with Gasteiger partial charge in [0.15, 0.2) is 0 Å². The summed E-state index contributed by atoms with van der Waals surface area (Å²) in [6.07, 6.45) is 0.493. The van der Waals surface area contributed by atoms with Gasteiger partial charge in [-0.15, -0.1) is 0 Å². The van der Waals surface area contributed by atoms with Crippen molar-refractivity contribution >= 4 is 14.5 Å². The minimum Gasteiger partial charge on any atom is -0.394 e. The summed E-state index contributed by atoms with van der Waals surface area (Å²) in [5, 5.41) is 2.91. The molecule has 0 saturated carbocycles. The van der Waals surface area contributed by atoms with Crippen molar-refractivity contribution in [3.05, 3.63) is 0 Å². The zero-order valence-electron chi connectivity index (χ0n) is 10.4. The van der Waals surface area contributed by atoms with E-state index in [0.29, 0.717) is 19.6 Å². The molecule has 1 amide bonds. The Bertz CT molecular complexity index is 193. The maximum atomic E-state index is 11.3. The maximum Gasteiger partial charge on any atom is 0.357 e. The third kappa shape index (κ3) is 4.77. The van der Waals surface area contributed by atoms with Gasteiger partial charge in [-0.25, -0.2) is 0 Å². The molecule has 0 aliphatic carbocycles. The van der Waals surface area contributed by atoms with Crippen LogP contribution < -0.4 is 5.32 Å². The van der Waals surface area contributed by atoms with Crippen LogP contribution in [0.5, 0.6) is 0 Å². The number of carbonyl (C=O) groups excluding carboxylic acids is 1. The van der Waals surface area contributed by atoms with E-state index in [9.17, 15) is 4.79 Å². The van der Waals surface area contributed by atoms with Crippen molar-refractivity contribution in [2.75, 3.05) is 13.2 Å². The van der Waals surface area contributed by atoms with Gasteiger partial charge in [-0.3, -0.25) is 4.79 Å². The molecule has 0 aliphatic heterocycles. The zero-order valence-corrected chi connectivity index (χ0v) is 11.4. The predicted molar refractivity (Wildman–Crippen MR) is 62.8 cm³/mol. The Morgan fingerprint density at radius 3 is 2.07 bits per heavy atom. The van der Waals surface area contributed by atoms with Gasteiger partial charge in [-0.05, 0) is 27.3 Å². The number of carbonyl (C=O) groups is 1. The summed E-state index contributed by atoms with van der Waals surface area (Å²) in [6, 6.07) is 0. The lowest BCUT2D eigenvalue weighted by atomic mass is 10.4. The Morgan fingerprint density at radius 2 is 1.73 bits per heavy atom. The average Bonchev–Trinajstić information content (AvgIpc) is 2.18. The van der Waals surface area contributed by atoms with Crippen LogP contribution in [0.15, 0.2) is 0 Å². The van der Waals surface area contributed by atoms with E-state index in [1.54, 1.807) is 0 Å². The molecule has 1 unspecified atom stereocenters. The van der Waals surface area contributed by atoms with Gasteiger partial charge in [0.2, 0.25) is 5.91 Å². The second kappa shape index (κ2) is 6.98. The standard InChI is InChI=1S/C10H23NO3Si/c1-6-10(12)11-9(4)15(5,13-7-2)14-8-3/h9H,6-8H2,1-5H3,(H,11,12). The maximum absolute atomic E-state index is 11.3. The molecule has 0 aliphatic rings. The molecule has 0 heterocycles. The fraction of sp³-hybridized carbons (Fsp3) is 0.900. The first-order chi connectivity index (χ1) is 7.00. The second-order valence-electron chi connectivity index (χ2n) is 3.52. The van der Waals surface area contributed by atoms with Gasteiger partial charge in [0.25, 0.3) is 0 Å². The lowest BCUT2D eigenvalue weighted by molar-refractivity contribution is -0.121. The summed E-state index contributed by atoms with van der Waals surface area (Å²) in [5.74, 6) is 0.0423. The van der Waals surface area contributed by atoms with Gasteiger partial charge in [0.1, 0.15) is 0 Å². The highest BCUT2D eigenvalue weighted by atomic mass is 28.4. The molecule has 0 spiro atoms. The first-order valence-corrected chi connectivity index (χ1v) is 7.96. The summed E-state index contributed by atoms with van der Waals surface area (Å²) in [4.78, 5) is 11.3. The zero-order chi connectivity index (χ0) is 11.9. The Kier molecular flexibility index (Phi) is 6.79. The molecular weight excluding hydrogens is 210 g/mol. The van der Waals surface area contributed by atoms with Crippen molar-refractivity contribution in [2.45, 2.75) is 46.3 Å². The predicted octanol–water partition coefficient (Wildman–Crippen LogP) is 1.59. The normalized spacial score (nSPS) is 13.7. The van der Waals surface area contributed by atoms with Crippen LogP contribution in [-0.4, -0.2) is 33.3 Å². The minimum absolute atomic E-state index is 0.0233. The molecule has 0 radical (unpaired) electrons. The van der Waals surface area contributed by atoms with E-state index in [0.717, 1.165) is 0 Å². The van der Waals surface area contributed by atoms with Crippen molar-refractivity contribution < 1.29 is 13.6 Å². The highest BCUT2D eigenvalue weighted by Gasteiger charge is 2.38. The van der Waals surface area contributed by atoms with Crippen LogP contribution in [0.4, 0.5) is 0 Å². The van der Waals surface area contributed by atoms with Crippen LogP contribution in [0.2, 0.25) is 6.55 Å². The monoisotopic (exact) mass is 233 g/mol. The van der Waals surface area contributed by atoms with E-state index in [2.05, 4.69) is 5.32 Å². The van der Waals surface area contributed by atoms with Crippen molar-refractivity contribution in [3.8, 4) is 0 Å². The number of hydrogen-bond donors (Lipinski definition) is 1. The molecule has 0 aromatic heterocycles. The van der Waals surface area contributed by atoms with Gasteiger partial charge in [0.05, 0.1) is 5.67 Å². The average molecular weight is 233 g/mol. The van der Waals surface area contributed by atoms with Crippen molar-refractivity contribution in [2.24, 2.45) is 0 Å². The van der Waals surface area contributed by atoms with Crippen molar-refractivity contribution in [3.63, 3.8) is 0 Å². The molecule has 15 heavy (non-hydrogen) atoms. The Labute approximate surface area is 93.6 Å². The molecule has 0 bridgehead atoms. The Balaban J connectivity index is 4.39. The van der Waals surface area contributed by atoms with Gasteiger partial charge >= 0.3 is 8.56 Å². The third-order valence-corrected chi connectivity index (χ3v) is 5.79. The van der Waals surface area contributed by atoms with Crippen molar-refractivity contribution in [1.29, 1.82) is 0 Å². The van der Waals surface area contributed by atoms with Gasteiger partial charge < -0.3 is 14.2 Å². The van der Waals surface area contributed by atoms with Crippen LogP contribution in [0.3, 0.4) is 0 Å². The second-order valence-corrected chi connectivity index (χ2v) is 7.00. The smallest absolute Gasteiger partial charge is 0.357 e. The van der Waals surface area contributed by atoms with E-state index in [1.807, 2.05) is 34.2 Å². The molecule has 5 heteroatoms. The van der Waals surface area contributed by atoms with E-state index >= 15 is 0 Å². The molecule has 1 N–H and O–H groups in total. The van der Waals surface area contributed by atoms with E-state index in [4.69, 9.17) is 8.85 Å². The molecule has 0 aromatic rings. The highest BCUT2D eigenvalue weighted by Crippen LogP contribution is 2.12. The highest BCUT2D eigenvalue weighted by molar-refractivity contribution is 6.67. The molecule has 4 nitrogen and oxygen atoms in total. The quantitative estimate of drug-likeness (QED) is 0.679. The first-order valence-electron chi connectivity index (χ1n) is 5.57. The lowest BCUT2D eigenvalue weighted by Crippen LogP contribution is -2.57. The molecular formula is C10H23NO3Si. The van der Waals surface area contributed by atoms with E-state index in [-0.39, 0.29) is 11.6 Å². The van der Waals surface area contributed by atoms with Crippen LogP contribution >= 0.6 is 0 Å². The van der Waals surface area contributed by atoms with Gasteiger partial charge in [-0.1, -0.05) is 6.92 Å². The topological polar surface area (TPSA) is 47.6 Å². The van der Waals surface area contributed by atoms with Gasteiger partial charge in [0, 0.05) is 19.6 Å². The van der Waals surface area contributed by atoms with E-state index < -0.39 is 8.56 Å². The molecule has 0 aromatic carbocycles. The summed E-state index contributed by atoms with van der Waals surface area (Å²) in [7, 11) is -2.26. The number of nitrogens with one attached hydrogen (secondary N) is 1. The first kappa shape index (κ1) is 14.6. The lowest BCUT2D eigenvalue weighted by Gasteiger charge is -2.32. The number of rotatable bonds is 7. The van der Waals surface area contributed by atoms with Crippen molar-refractivity contribution in [1.82, 2.24) is 5.32 Å². The number of amides is 1. The fourth-order valence-corrected chi connectivity index (χ4v) is 3.49. The van der Waals surface area contributed by atoms with Crippen LogP contribution in [0.1, 0.15) is 34.1 Å². The minimum atomic E-state index is -2.26. The summed E-state index contributed by atoms with van der Waals surface area (Å²) >= 11 is 0. The summed E-state index contributed by atoms with van der Waals surface area (Å²) in [6.45, 7) is 10.9. The van der Waals surface area contributed by atoms with E-state index in [1.165, 1.54) is 0 Å². The van der Waals surface area contributed by atoms with Crippen LogP contribution in [-0.2, 0) is 13.6 Å². The number of hydrogen-bond acceptors (Lipinski definition) is 3. The Morgan fingerprint density at radius 1 is 1.27 bits per heavy atom. The largest absolute Gasteiger partial charge is 0.394 e. The molecule has 0 saturated heterocycles. The van der Waals surface area contributed by atoms with Gasteiger partial charge in [-0.2, -0.15) is 0 Å². The third-order valence-electron chi connectivity index (χ3n) is 2.35. The van der Waals surface area contributed by atoms with Crippen LogP contribution in [0.25, 0.3) is 0 Å². The Hall–Kier alpha value is -0.393. The molecule has 0 fully saturated rings. The molecule has 1 atom stereocenters. The summed E-state index contributed by atoms with van der Waals surface area (Å²) in [5.41, 5.74) is -0.0233. The fourth-order valence-electron chi connectivity index (χ4n) is 1.34.